The van der Waals surface area contributed by atoms with Crippen LogP contribution in [0.4, 0.5) is 5.69 Å². The number of hydrogen-bond acceptors (Lipinski definition) is 3. The number of aromatic nitrogens is 1. The van der Waals surface area contributed by atoms with Crippen LogP contribution in [0.1, 0.15) is 26.0 Å². The monoisotopic (exact) mass is 420 g/mol. The molecule has 0 fully saturated rings. The van der Waals surface area contributed by atoms with Gasteiger partial charge in [0.05, 0.1) is 29.1 Å². The summed E-state index contributed by atoms with van der Waals surface area (Å²) >= 11 is 11.9. The molecule has 0 saturated carbocycles. The molecule has 0 radical (unpaired) electrons. The summed E-state index contributed by atoms with van der Waals surface area (Å²) in [6.45, 7) is 1.63. The molecule has 5 nitrogen and oxygen atoms in total. The number of hydrogen-bond donors (Lipinski definition) is 2. The summed E-state index contributed by atoms with van der Waals surface area (Å²) < 4.78 is 1.48. The molecule has 1 amide bonds. The number of aliphatic hydroxyl groups excluding tert-OH is 1. The van der Waals surface area contributed by atoms with Crippen LogP contribution in [0.5, 0.6) is 0 Å². The fourth-order valence-corrected chi connectivity index (χ4v) is 3.19. The van der Waals surface area contributed by atoms with E-state index in [1.165, 1.54) is 4.57 Å². The first kappa shape index (κ1) is 22.0. The molecule has 1 atom stereocenters. The van der Waals surface area contributed by atoms with Gasteiger partial charge in [0.15, 0.2) is 0 Å². The highest BCUT2D eigenvalue weighted by Crippen LogP contribution is 2.24. The summed E-state index contributed by atoms with van der Waals surface area (Å²) in [5.74, 6) is -0.228. The largest absolute Gasteiger partial charge is 0.394 e. The van der Waals surface area contributed by atoms with Gasteiger partial charge < -0.3 is 15.0 Å². The van der Waals surface area contributed by atoms with Crippen molar-refractivity contribution in [2.24, 2.45) is 0 Å². The fraction of sp³-hybridized carbons (Fsp3) is 0.238. The lowest BCUT2D eigenvalue weighted by Gasteiger charge is -2.14. The summed E-state index contributed by atoms with van der Waals surface area (Å²) in [6.07, 6.45) is 1.76. The fourth-order valence-electron chi connectivity index (χ4n) is 2.87. The van der Waals surface area contributed by atoms with Crippen LogP contribution in [0.25, 0.3) is 10.8 Å². The van der Waals surface area contributed by atoms with E-state index in [1.54, 1.807) is 55.6 Å². The third-order valence-electron chi connectivity index (χ3n) is 4.33. The maximum absolute atomic E-state index is 12.6. The Morgan fingerprint density at radius 1 is 1.14 bits per heavy atom. The molecular formula is C21H22Cl2N2O3. The summed E-state index contributed by atoms with van der Waals surface area (Å²) in [4.78, 5) is 25.1. The van der Waals surface area contributed by atoms with Crippen molar-refractivity contribution in [3.8, 4) is 0 Å². The Morgan fingerprint density at radius 2 is 1.89 bits per heavy atom. The molecule has 3 rings (SSSR count). The summed E-state index contributed by atoms with van der Waals surface area (Å²) in [7, 11) is 0. The van der Waals surface area contributed by atoms with Gasteiger partial charge in [0.2, 0.25) is 5.91 Å². The van der Waals surface area contributed by atoms with Crippen LogP contribution < -0.4 is 10.9 Å². The minimum atomic E-state index is -0.324. The van der Waals surface area contributed by atoms with Crippen LogP contribution in [0.2, 0.25) is 10.0 Å². The lowest BCUT2D eigenvalue weighted by atomic mass is 10.1. The van der Waals surface area contributed by atoms with E-state index in [9.17, 15) is 14.7 Å². The molecular weight excluding hydrogens is 399 g/mol. The second-order valence-corrected chi connectivity index (χ2v) is 7.11. The number of nitrogens with one attached hydrogen (secondary N) is 1. The van der Waals surface area contributed by atoms with Crippen LogP contribution in [0.3, 0.4) is 0 Å². The number of aliphatic hydroxyl groups is 1. The molecule has 0 saturated heterocycles. The number of rotatable bonds is 5. The highest BCUT2D eigenvalue weighted by atomic mass is 35.5. The number of benzene rings is 2. The van der Waals surface area contributed by atoms with E-state index >= 15 is 0 Å². The van der Waals surface area contributed by atoms with Gasteiger partial charge in [-0.1, -0.05) is 42.8 Å². The molecule has 148 valence electrons. The molecule has 0 aliphatic carbocycles. The minimum absolute atomic E-state index is 0. The van der Waals surface area contributed by atoms with Gasteiger partial charge in [0, 0.05) is 22.7 Å². The van der Waals surface area contributed by atoms with Gasteiger partial charge in [0.25, 0.3) is 5.56 Å². The molecule has 3 aromatic rings. The third kappa shape index (κ3) is 4.55. The quantitative estimate of drug-likeness (QED) is 0.629. The van der Waals surface area contributed by atoms with Crippen LogP contribution in [0, 0.1) is 0 Å². The van der Waals surface area contributed by atoms with E-state index < -0.39 is 0 Å². The van der Waals surface area contributed by atoms with Gasteiger partial charge in [-0.25, -0.2) is 0 Å². The van der Waals surface area contributed by atoms with E-state index in [2.05, 4.69) is 5.32 Å². The van der Waals surface area contributed by atoms with Crippen molar-refractivity contribution in [1.29, 1.82) is 0 Å². The molecule has 0 aliphatic heterocycles. The topological polar surface area (TPSA) is 71.3 Å². The number of carbonyl (C=O) groups is 1. The van der Waals surface area contributed by atoms with Gasteiger partial charge >= 0.3 is 0 Å². The van der Waals surface area contributed by atoms with Gasteiger partial charge in [-0.3, -0.25) is 9.59 Å². The first-order chi connectivity index (χ1) is 12.9. The van der Waals surface area contributed by atoms with Crippen molar-refractivity contribution in [1.82, 2.24) is 4.57 Å². The second-order valence-electron chi connectivity index (χ2n) is 6.30. The Bertz CT molecular complexity index is 1060. The van der Waals surface area contributed by atoms with Crippen molar-refractivity contribution in [3.63, 3.8) is 0 Å². The van der Waals surface area contributed by atoms with Gasteiger partial charge in [-0.2, -0.15) is 0 Å². The van der Waals surface area contributed by atoms with Crippen molar-refractivity contribution < 1.29 is 9.90 Å². The van der Waals surface area contributed by atoms with Crippen LogP contribution >= 0.6 is 23.2 Å². The Labute approximate surface area is 173 Å². The maximum Gasteiger partial charge on any atom is 0.258 e. The lowest BCUT2D eigenvalue weighted by Crippen LogP contribution is -2.25. The standard InChI is InChI=1S/C20H18Cl2N2O3.CH4/c1-12(11-25)24-8-7-14-15(20(24)27)3-2-4-18(14)23-19(26)10-13-5-6-16(21)17(22)9-13;/h2-9,12,25H,10-11H2,1H3,(H,23,26);1H4/t12-;/m0./s1. The zero-order chi connectivity index (χ0) is 19.6. The van der Waals surface area contributed by atoms with Crippen molar-refractivity contribution in [3.05, 3.63) is 74.6 Å². The number of amides is 1. The maximum atomic E-state index is 12.6. The summed E-state index contributed by atoms with van der Waals surface area (Å²) in [6, 6.07) is 11.6. The van der Waals surface area contributed by atoms with Crippen molar-refractivity contribution in [2.45, 2.75) is 26.8 Å². The Balaban J connectivity index is 0.00000280. The third-order valence-corrected chi connectivity index (χ3v) is 5.07. The average molecular weight is 421 g/mol. The molecule has 0 bridgehead atoms. The zero-order valence-electron chi connectivity index (χ0n) is 14.6. The SMILES string of the molecule is C.C[C@@H](CO)n1ccc2c(NC(=O)Cc3ccc(Cl)c(Cl)c3)cccc2c1=O. The summed E-state index contributed by atoms with van der Waals surface area (Å²) in [5.41, 5.74) is 1.08. The van der Waals surface area contributed by atoms with Gasteiger partial charge in [-0.05, 0) is 42.8 Å². The number of fused-ring (bicyclic) bond motifs is 1. The molecule has 2 aromatic carbocycles. The molecule has 0 unspecified atom stereocenters. The minimum Gasteiger partial charge on any atom is -0.394 e. The highest BCUT2D eigenvalue weighted by molar-refractivity contribution is 6.42. The van der Waals surface area contributed by atoms with Crippen LogP contribution in [0.15, 0.2) is 53.5 Å². The first-order valence-corrected chi connectivity index (χ1v) is 9.15. The molecule has 28 heavy (non-hydrogen) atoms. The van der Waals surface area contributed by atoms with E-state index in [0.29, 0.717) is 26.5 Å². The second kappa shape index (κ2) is 9.24. The molecule has 0 aliphatic rings. The predicted octanol–water partition coefficient (Wildman–Crippen LogP) is 4.68. The Hall–Kier alpha value is -2.34. The molecule has 1 heterocycles. The average Bonchev–Trinajstić information content (AvgIpc) is 2.65. The molecule has 7 heteroatoms. The van der Waals surface area contributed by atoms with Crippen LogP contribution in [-0.4, -0.2) is 22.2 Å². The summed E-state index contributed by atoms with van der Waals surface area (Å²) in [5, 5.41) is 14.1. The Morgan fingerprint density at radius 3 is 2.57 bits per heavy atom. The van der Waals surface area contributed by atoms with E-state index in [4.69, 9.17) is 23.2 Å². The van der Waals surface area contributed by atoms with Crippen molar-refractivity contribution >= 4 is 45.6 Å². The smallest absolute Gasteiger partial charge is 0.258 e. The molecule has 2 N–H and O–H groups in total. The molecule has 1 aromatic heterocycles. The van der Waals surface area contributed by atoms with Crippen molar-refractivity contribution in [2.75, 3.05) is 11.9 Å². The number of halogens is 2. The molecule has 0 spiro atoms. The van der Waals surface area contributed by atoms with E-state index in [0.717, 1.165) is 5.56 Å². The van der Waals surface area contributed by atoms with Gasteiger partial charge in [0.1, 0.15) is 0 Å². The number of nitrogens with zero attached hydrogens (tertiary/aromatic N) is 1. The highest BCUT2D eigenvalue weighted by Gasteiger charge is 2.12. The van der Waals surface area contributed by atoms with E-state index in [-0.39, 0.29) is 38.0 Å². The predicted molar refractivity (Wildman–Crippen MR) is 116 cm³/mol. The number of anilines is 1. The van der Waals surface area contributed by atoms with Gasteiger partial charge in [-0.15, -0.1) is 0 Å². The first-order valence-electron chi connectivity index (χ1n) is 8.39. The van der Waals surface area contributed by atoms with E-state index in [1.807, 2.05) is 0 Å². The number of carbonyl (C=O) groups excluding carboxylic acids is 1. The Kier molecular flexibility index (Phi) is 7.24. The lowest BCUT2D eigenvalue weighted by molar-refractivity contribution is -0.115. The normalized spacial score (nSPS) is 11.7. The van der Waals surface area contributed by atoms with Crippen LogP contribution in [-0.2, 0) is 11.2 Å². The number of pyridine rings is 1. The zero-order valence-corrected chi connectivity index (χ0v) is 16.1.